The maximum absolute atomic E-state index is 15.8. The number of nitrogens with one attached hydrogen (secondary N) is 1. The van der Waals surface area contributed by atoms with Crippen molar-refractivity contribution < 1.29 is 17.3 Å². The second kappa shape index (κ2) is 8.78. The summed E-state index contributed by atoms with van der Waals surface area (Å²) in [6.07, 6.45) is 8.88. The number of nitrogens with zero attached hydrogens (tertiary/aromatic N) is 3. The van der Waals surface area contributed by atoms with Crippen molar-refractivity contribution in [1.29, 1.82) is 0 Å². The van der Waals surface area contributed by atoms with E-state index in [2.05, 4.69) is 9.88 Å². The topological polar surface area (TPSA) is 90.0 Å². The minimum atomic E-state index is -3.36. The lowest BCUT2D eigenvalue weighted by molar-refractivity contribution is 0.0873. The molecule has 0 bridgehead atoms. The fourth-order valence-electron chi connectivity index (χ4n) is 5.12. The van der Waals surface area contributed by atoms with Gasteiger partial charge in [-0.25, -0.2) is 12.8 Å². The minimum Gasteiger partial charge on any atom is -0.361 e. The molecule has 5 rings (SSSR count). The summed E-state index contributed by atoms with van der Waals surface area (Å²) in [5.41, 5.74) is 5.16. The largest absolute Gasteiger partial charge is 0.361 e. The van der Waals surface area contributed by atoms with Crippen LogP contribution in [0.4, 0.5) is 10.1 Å². The van der Waals surface area contributed by atoms with Crippen LogP contribution < -0.4 is 4.72 Å². The first kappa shape index (κ1) is 23.5. The van der Waals surface area contributed by atoms with E-state index in [9.17, 15) is 8.42 Å². The van der Waals surface area contributed by atoms with Gasteiger partial charge in [0.05, 0.1) is 29.5 Å². The Morgan fingerprint density at radius 2 is 1.83 bits per heavy atom. The van der Waals surface area contributed by atoms with Crippen molar-refractivity contribution in [2.45, 2.75) is 58.2 Å². The molecule has 1 fully saturated rings. The number of rotatable bonds is 6. The molecule has 9 heteroatoms. The van der Waals surface area contributed by atoms with Crippen LogP contribution in [-0.2, 0) is 16.6 Å². The molecule has 3 heterocycles. The molecule has 0 amide bonds. The van der Waals surface area contributed by atoms with Crippen LogP contribution >= 0.6 is 0 Å². The number of aromatic nitrogens is 3. The van der Waals surface area contributed by atoms with Crippen LogP contribution in [0.15, 0.2) is 47.2 Å². The molecule has 0 radical (unpaired) electrons. The number of sulfonamides is 1. The van der Waals surface area contributed by atoms with E-state index in [0.29, 0.717) is 24.3 Å². The van der Waals surface area contributed by atoms with Gasteiger partial charge in [-0.05, 0) is 50.5 Å². The van der Waals surface area contributed by atoms with Crippen LogP contribution in [0, 0.1) is 13.8 Å². The van der Waals surface area contributed by atoms with Crippen molar-refractivity contribution in [3.05, 3.63) is 54.2 Å². The molecule has 1 aromatic carbocycles. The minimum absolute atomic E-state index is 0.268. The Morgan fingerprint density at radius 1 is 1.11 bits per heavy atom. The fraction of sp³-hybridized carbons (Fsp3) is 0.385. The smallest absolute Gasteiger partial charge is 0.229 e. The zero-order valence-electron chi connectivity index (χ0n) is 20.1. The van der Waals surface area contributed by atoms with Gasteiger partial charge in [0.15, 0.2) is 0 Å². The Bertz CT molecular complexity index is 1460. The second-order valence-electron chi connectivity index (χ2n) is 9.62. The number of benzene rings is 1. The summed E-state index contributed by atoms with van der Waals surface area (Å²) in [6, 6.07) is 9.17. The molecular weight excluding hydrogens is 467 g/mol. The van der Waals surface area contributed by atoms with E-state index in [-0.39, 0.29) is 6.54 Å². The van der Waals surface area contributed by atoms with E-state index < -0.39 is 15.7 Å². The summed E-state index contributed by atoms with van der Waals surface area (Å²) in [5, 5.41) is 4.07. The zero-order chi connectivity index (χ0) is 24.8. The van der Waals surface area contributed by atoms with Gasteiger partial charge in [0.1, 0.15) is 11.4 Å². The van der Waals surface area contributed by atoms with Crippen molar-refractivity contribution in [2.75, 3.05) is 11.0 Å². The molecule has 3 aromatic heterocycles. The second-order valence-corrected chi connectivity index (χ2v) is 11.4. The predicted molar refractivity (Wildman–Crippen MR) is 136 cm³/mol. The monoisotopic (exact) mass is 496 g/mol. The van der Waals surface area contributed by atoms with Gasteiger partial charge in [-0.1, -0.05) is 36.6 Å². The van der Waals surface area contributed by atoms with Crippen molar-refractivity contribution in [3.63, 3.8) is 0 Å². The van der Waals surface area contributed by atoms with Crippen LogP contribution in [0.3, 0.4) is 0 Å². The maximum Gasteiger partial charge on any atom is 0.229 e. The van der Waals surface area contributed by atoms with Gasteiger partial charge >= 0.3 is 0 Å². The van der Waals surface area contributed by atoms with Gasteiger partial charge in [0.25, 0.3) is 0 Å². The number of alkyl halides is 1. The average molecular weight is 497 g/mol. The highest BCUT2D eigenvalue weighted by Crippen LogP contribution is 2.38. The Kier molecular flexibility index (Phi) is 5.91. The Hall–Kier alpha value is -3.20. The third-order valence-corrected chi connectivity index (χ3v) is 7.35. The number of fused-ring (bicyclic) bond motifs is 1. The van der Waals surface area contributed by atoms with Crippen LogP contribution in [-0.4, -0.2) is 35.1 Å². The molecule has 0 spiro atoms. The molecular formula is C26H29FN4O3S. The van der Waals surface area contributed by atoms with E-state index in [1.54, 1.807) is 18.3 Å². The molecule has 7 nitrogen and oxygen atoms in total. The molecule has 4 aromatic rings. The number of hydrogen-bond acceptors (Lipinski definition) is 5. The average Bonchev–Trinajstić information content (AvgIpc) is 3.32. The molecule has 1 aliphatic rings. The SMILES string of the molecule is Cc1noc(C)c1-c1cnc2c(-c3ccc(NS(C)(=O)=O)cc3)cn(CC3(F)CCCCC3)c2c1. The molecule has 184 valence electrons. The van der Waals surface area contributed by atoms with E-state index in [4.69, 9.17) is 9.51 Å². The lowest BCUT2D eigenvalue weighted by Crippen LogP contribution is -2.31. The third kappa shape index (κ3) is 4.82. The highest BCUT2D eigenvalue weighted by molar-refractivity contribution is 7.92. The molecule has 1 N–H and O–H groups in total. The summed E-state index contributed by atoms with van der Waals surface area (Å²) in [5.74, 6) is 0.713. The Morgan fingerprint density at radius 3 is 2.46 bits per heavy atom. The van der Waals surface area contributed by atoms with Crippen LogP contribution in [0.25, 0.3) is 33.3 Å². The lowest BCUT2D eigenvalue weighted by atomic mass is 9.86. The summed E-state index contributed by atoms with van der Waals surface area (Å²) in [6.45, 7) is 4.03. The quantitative estimate of drug-likeness (QED) is 0.353. The Labute approximate surface area is 204 Å². The standard InChI is InChI=1S/C26H29FN4O3S/c1-17-24(18(2)34-29-17)20-13-23-25(28-14-20)22(15-31(23)16-26(27)11-5-4-6-12-26)19-7-9-21(10-8-19)30-35(3,32)33/h7-10,13-15,30H,4-6,11-12,16H2,1-3H3. The zero-order valence-corrected chi connectivity index (χ0v) is 21.0. The predicted octanol–water partition coefficient (Wildman–Crippen LogP) is 6.02. The van der Waals surface area contributed by atoms with Crippen molar-refractivity contribution in [2.24, 2.45) is 0 Å². The highest BCUT2D eigenvalue weighted by Gasteiger charge is 2.33. The molecule has 0 saturated heterocycles. The number of hydrogen-bond donors (Lipinski definition) is 1. The van der Waals surface area contributed by atoms with Gasteiger partial charge in [0.2, 0.25) is 10.0 Å². The van der Waals surface area contributed by atoms with Crippen molar-refractivity contribution in [3.8, 4) is 22.3 Å². The lowest BCUT2D eigenvalue weighted by Gasteiger charge is -2.30. The van der Waals surface area contributed by atoms with Crippen LogP contribution in [0.1, 0.15) is 43.6 Å². The first-order valence-corrected chi connectivity index (χ1v) is 13.7. The molecule has 0 unspecified atom stereocenters. The molecule has 0 aliphatic heterocycles. The molecule has 35 heavy (non-hydrogen) atoms. The number of pyridine rings is 1. The van der Waals surface area contributed by atoms with E-state index in [0.717, 1.165) is 64.5 Å². The van der Waals surface area contributed by atoms with Crippen LogP contribution in [0.5, 0.6) is 0 Å². The van der Waals surface area contributed by atoms with Gasteiger partial charge in [-0.15, -0.1) is 0 Å². The number of halogens is 1. The first-order chi connectivity index (χ1) is 16.6. The summed E-state index contributed by atoms with van der Waals surface area (Å²) in [7, 11) is -3.36. The van der Waals surface area contributed by atoms with Crippen molar-refractivity contribution >= 4 is 26.7 Å². The van der Waals surface area contributed by atoms with Crippen LogP contribution in [0.2, 0.25) is 0 Å². The Balaban J connectivity index is 1.61. The summed E-state index contributed by atoms with van der Waals surface area (Å²) >= 11 is 0. The van der Waals surface area contributed by atoms with Gasteiger partial charge < -0.3 is 9.09 Å². The number of aryl methyl sites for hydroxylation is 2. The summed E-state index contributed by atoms with van der Waals surface area (Å²) < 4.78 is 48.7. The highest BCUT2D eigenvalue weighted by atomic mass is 32.2. The fourth-order valence-corrected chi connectivity index (χ4v) is 5.68. The van der Waals surface area contributed by atoms with E-state index >= 15 is 4.39 Å². The normalized spacial score (nSPS) is 16.0. The molecule has 0 atom stereocenters. The van der Waals surface area contributed by atoms with E-state index in [1.165, 1.54) is 0 Å². The van der Waals surface area contributed by atoms with E-state index in [1.807, 2.05) is 42.8 Å². The molecule has 1 saturated carbocycles. The van der Waals surface area contributed by atoms with Gasteiger partial charge in [0, 0.05) is 34.8 Å². The maximum atomic E-state index is 15.8. The van der Waals surface area contributed by atoms with Gasteiger partial charge in [-0.2, -0.15) is 0 Å². The van der Waals surface area contributed by atoms with Crippen molar-refractivity contribution in [1.82, 2.24) is 14.7 Å². The number of anilines is 1. The third-order valence-electron chi connectivity index (χ3n) is 6.74. The molecule has 1 aliphatic carbocycles. The van der Waals surface area contributed by atoms with Gasteiger partial charge in [-0.3, -0.25) is 9.71 Å². The first-order valence-electron chi connectivity index (χ1n) is 11.8. The summed E-state index contributed by atoms with van der Waals surface area (Å²) in [4.78, 5) is 4.79.